The Hall–Kier alpha value is -0.850. The quantitative estimate of drug-likeness (QED) is 0.633. The number of hydrogen-bond donors (Lipinski definition) is 1. The van der Waals surface area contributed by atoms with Crippen LogP contribution in [0.25, 0.3) is 0 Å². The number of nitrogens with zero attached hydrogens (tertiary/aromatic N) is 3. The molecule has 7 heteroatoms. The van der Waals surface area contributed by atoms with Crippen molar-refractivity contribution in [3.8, 4) is 0 Å². The lowest BCUT2D eigenvalue weighted by atomic mass is 10.2. The Morgan fingerprint density at radius 3 is 2.64 bits per heavy atom. The molecule has 1 fully saturated rings. The van der Waals surface area contributed by atoms with Crippen molar-refractivity contribution in [1.82, 2.24) is 20.2 Å². The Morgan fingerprint density at radius 2 is 2.09 bits per heavy atom. The van der Waals surface area contributed by atoms with Gasteiger partial charge in [-0.05, 0) is 39.3 Å². The Morgan fingerprint density at radius 1 is 1.41 bits per heavy atom. The summed E-state index contributed by atoms with van der Waals surface area (Å²) < 4.78 is 0. The standard InChI is InChI=1S/C15H24N4OS.ClH/c1-4-7-19(13-5-6-16-9-13)14(20)10-21-15-17-11(2)8-12(3)18-15;/h8,13,16H,4-7,9-10H2,1-3H3;1H. The topological polar surface area (TPSA) is 58.1 Å². The second-order valence-electron chi connectivity index (χ2n) is 5.46. The van der Waals surface area contributed by atoms with Crippen LogP contribution in [0.3, 0.4) is 0 Å². The summed E-state index contributed by atoms with van der Waals surface area (Å²) in [4.78, 5) is 23.3. The summed E-state index contributed by atoms with van der Waals surface area (Å²) >= 11 is 1.44. The highest BCUT2D eigenvalue weighted by Crippen LogP contribution is 2.17. The van der Waals surface area contributed by atoms with Crippen LogP contribution >= 0.6 is 24.2 Å². The molecule has 5 nitrogen and oxygen atoms in total. The van der Waals surface area contributed by atoms with Crippen molar-refractivity contribution in [2.24, 2.45) is 0 Å². The van der Waals surface area contributed by atoms with E-state index in [2.05, 4.69) is 22.2 Å². The lowest BCUT2D eigenvalue weighted by Crippen LogP contribution is -2.43. The lowest BCUT2D eigenvalue weighted by molar-refractivity contribution is -0.130. The molecule has 1 N–H and O–H groups in total. The zero-order chi connectivity index (χ0) is 15.2. The van der Waals surface area contributed by atoms with Gasteiger partial charge in [-0.3, -0.25) is 4.79 Å². The Balaban J connectivity index is 0.00000242. The third-order valence-corrected chi connectivity index (χ3v) is 4.38. The average molecular weight is 345 g/mol. The molecule has 0 saturated carbocycles. The molecule has 1 aromatic heterocycles. The van der Waals surface area contributed by atoms with Gasteiger partial charge in [-0.25, -0.2) is 9.97 Å². The van der Waals surface area contributed by atoms with Crippen LogP contribution in [0.15, 0.2) is 11.2 Å². The van der Waals surface area contributed by atoms with E-state index in [1.54, 1.807) is 0 Å². The molecule has 22 heavy (non-hydrogen) atoms. The van der Waals surface area contributed by atoms with Gasteiger partial charge in [0.15, 0.2) is 5.16 Å². The zero-order valence-electron chi connectivity index (χ0n) is 13.5. The summed E-state index contributed by atoms with van der Waals surface area (Å²) in [5, 5.41) is 4.03. The lowest BCUT2D eigenvalue weighted by Gasteiger charge is -2.28. The molecule has 1 aromatic rings. The van der Waals surface area contributed by atoms with Crippen molar-refractivity contribution >= 4 is 30.1 Å². The second kappa shape index (κ2) is 9.33. The summed E-state index contributed by atoms with van der Waals surface area (Å²) in [7, 11) is 0. The molecule has 1 aliphatic rings. The van der Waals surface area contributed by atoms with Crippen LogP contribution < -0.4 is 5.32 Å². The molecule has 0 aromatic carbocycles. The van der Waals surface area contributed by atoms with E-state index in [9.17, 15) is 4.79 Å². The van der Waals surface area contributed by atoms with Crippen molar-refractivity contribution in [2.45, 2.75) is 44.8 Å². The smallest absolute Gasteiger partial charge is 0.233 e. The van der Waals surface area contributed by atoms with Gasteiger partial charge in [0, 0.05) is 30.5 Å². The van der Waals surface area contributed by atoms with Crippen molar-refractivity contribution in [1.29, 1.82) is 0 Å². The molecular formula is C15H25ClN4OS. The average Bonchev–Trinajstić information content (AvgIpc) is 2.95. The van der Waals surface area contributed by atoms with Gasteiger partial charge in [0.1, 0.15) is 0 Å². The highest BCUT2D eigenvalue weighted by atomic mass is 35.5. The fraction of sp³-hybridized carbons (Fsp3) is 0.667. The zero-order valence-corrected chi connectivity index (χ0v) is 15.1. The minimum Gasteiger partial charge on any atom is -0.338 e. The maximum absolute atomic E-state index is 12.5. The van der Waals surface area contributed by atoms with Crippen LogP contribution in [0.1, 0.15) is 31.2 Å². The molecular weight excluding hydrogens is 320 g/mol. The van der Waals surface area contributed by atoms with Crippen LogP contribution in [-0.2, 0) is 4.79 Å². The molecule has 2 rings (SSSR count). The predicted molar refractivity (Wildman–Crippen MR) is 92.8 cm³/mol. The third-order valence-electron chi connectivity index (χ3n) is 3.55. The number of nitrogens with one attached hydrogen (secondary N) is 1. The van der Waals surface area contributed by atoms with E-state index < -0.39 is 0 Å². The van der Waals surface area contributed by atoms with Gasteiger partial charge in [0.05, 0.1) is 5.75 Å². The van der Waals surface area contributed by atoms with Crippen molar-refractivity contribution in [2.75, 3.05) is 25.4 Å². The number of rotatable bonds is 6. The van der Waals surface area contributed by atoms with Crippen LogP contribution in [0.2, 0.25) is 0 Å². The Labute approximate surface area is 143 Å². The van der Waals surface area contributed by atoms with E-state index in [0.29, 0.717) is 17.0 Å². The maximum atomic E-state index is 12.5. The second-order valence-corrected chi connectivity index (χ2v) is 6.40. The van der Waals surface area contributed by atoms with Crippen molar-refractivity contribution in [3.63, 3.8) is 0 Å². The summed E-state index contributed by atoms with van der Waals surface area (Å²) in [6.07, 6.45) is 2.05. The summed E-state index contributed by atoms with van der Waals surface area (Å²) in [6, 6.07) is 2.29. The molecule has 0 bridgehead atoms. The molecule has 1 unspecified atom stereocenters. The van der Waals surface area contributed by atoms with Crippen LogP contribution in [0.5, 0.6) is 0 Å². The number of amides is 1. The van der Waals surface area contributed by atoms with Gasteiger partial charge in [-0.15, -0.1) is 12.4 Å². The molecule has 0 spiro atoms. The highest BCUT2D eigenvalue weighted by molar-refractivity contribution is 7.99. The first-order chi connectivity index (χ1) is 10.1. The van der Waals surface area contributed by atoms with Crippen LogP contribution in [0.4, 0.5) is 0 Å². The van der Waals surface area contributed by atoms with Gasteiger partial charge < -0.3 is 10.2 Å². The molecule has 1 atom stereocenters. The van der Waals surface area contributed by atoms with Crippen molar-refractivity contribution < 1.29 is 4.79 Å². The fourth-order valence-electron chi connectivity index (χ4n) is 2.62. The van der Waals surface area contributed by atoms with Crippen molar-refractivity contribution in [3.05, 3.63) is 17.5 Å². The minimum absolute atomic E-state index is 0. The van der Waals surface area contributed by atoms with Crippen LogP contribution in [-0.4, -0.2) is 52.2 Å². The first-order valence-corrected chi connectivity index (χ1v) is 8.54. The monoisotopic (exact) mass is 344 g/mol. The van der Waals surface area contributed by atoms with Gasteiger partial charge in [0.2, 0.25) is 5.91 Å². The minimum atomic E-state index is 0. The highest BCUT2D eigenvalue weighted by Gasteiger charge is 2.25. The molecule has 0 aliphatic carbocycles. The van der Waals surface area contributed by atoms with E-state index in [1.807, 2.05) is 24.8 Å². The van der Waals surface area contributed by atoms with E-state index in [4.69, 9.17) is 0 Å². The summed E-state index contributed by atoms with van der Waals surface area (Å²) in [5.41, 5.74) is 1.89. The van der Waals surface area contributed by atoms with E-state index >= 15 is 0 Å². The van der Waals surface area contributed by atoms with Gasteiger partial charge in [-0.2, -0.15) is 0 Å². The predicted octanol–water partition coefficient (Wildman–Crippen LogP) is 2.21. The largest absolute Gasteiger partial charge is 0.338 e. The van der Waals surface area contributed by atoms with E-state index in [0.717, 1.165) is 43.9 Å². The van der Waals surface area contributed by atoms with E-state index in [1.165, 1.54) is 11.8 Å². The van der Waals surface area contributed by atoms with Gasteiger partial charge >= 0.3 is 0 Å². The third kappa shape index (κ3) is 5.41. The maximum Gasteiger partial charge on any atom is 0.233 e. The fourth-order valence-corrected chi connectivity index (χ4v) is 3.46. The molecule has 2 heterocycles. The normalized spacial score (nSPS) is 17.1. The van der Waals surface area contributed by atoms with Gasteiger partial charge in [-0.1, -0.05) is 18.7 Å². The molecule has 1 amide bonds. The molecule has 0 radical (unpaired) electrons. The molecule has 1 saturated heterocycles. The number of hydrogen-bond acceptors (Lipinski definition) is 5. The first kappa shape index (κ1) is 19.2. The van der Waals surface area contributed by atoms with Gasteiger partial charge in [0.25, 0.3) is 0 Å². The molecule has 1 aliphatic heterocycles. The number of aromatic nitrogens is 2. The Kier molecular flexibility index (Phi) is 8.14. The number of carbonyl (C=O) groups is 1. The summed E-state index contributed by atoms with van der Waals surface area (Å²) in [6.45, 7) is 8.77. The first-order valence-electron chi connectivity index (χ1n) is 7.55. The van der Waals surface area contributed by atoms with E-state index in [-0.39, 0.29) is 18.3 Å². The number of thioether (sulfide) groups is 1. The number of halogens is 1. The summed E-state index contributed by atoms with van der Waals surface area (Å²) in [5.74, 6) is 0.609. The van der Waals surface area contributed by atoms with Crippen LogP contribution in [0, 0.1) is 13.8 Å². The number of carbonyl (C=O) groups excluding carboxylic acids is 1. The SMILES string of the molecule is CCCN(C(=O)CSc1nc(C)cc(C)n1)C1CCNC1.Cl. The molecule has 124 valence electrons. The Bertz CT molecular complexity index is 474. The number of aryl methyl sites for hydroxylation is 2.